The number of nitrogens with zero attached hydrogens (tertiary/aromatic N) is 2. The molecular formula is C33H26N2O2. The van der Waals surface area contributed by atoms with E-state index in [-0.39, 0.29) is 11.8 Å². The molecule has 0 fully saturated rings. The lowest BCUT2D eigenvalue weighted by atomic mass is 9.74. The molecule has 180 valence electrons. The van der Waals surface area contributed by atoms with Crippen LogP contribution in [0.15, 0.2) is 139 Å². The highest BCUT2D eigenvalue weighted by Gasteiger charge is 2.51. The molecule has 0 aliphatic carbocycles. The van der Waals surface area contributed by atoms with E-state index in [0.29, 0.717) is 17.8 Å². The molecule has 4 aromatic carbocycles. The van der Waals surface area contributed by atoms with Gasteiger partial charge < -0.3 is 4.90 Å². The molecule has 4 nitrogen and oxygen atoms in total. The van der Waals surface area contributed by atoms with E-state index in [2.05, 4.69) is 47.4 Å². The van der Waals surface area contributed by atoms with Crippen molar-refractivity contribution in [3.63, 3.8) is 0 Å². The summed E-state index contributed by atoms with van der Waals surface area (Å²) < 4.78 is 0. The average molecular weight is 483 g/mol. The molecule has 0 N–H and O–H groups in total. The fourth-order valence-corrected chi connectivity index (χ4v) is 5.50. The number of carbonyl (C=O) groups excluding carboxylic acids is 2. The zero-order chi connectivity index (χ0) is 25.4. The highest BCUT2D eigenvalue weighted by molar-refractivity contribution is 6.26. The van der Waals surface area contributed by atoms with Gasteiger partial charge in [0.1, 0.15) is 11.2 Å². The number of hydrogen-bond acceptors (Lipinski definition) is 3. The highest BCUT2D eigenvalue weighted by Crippen LogP contribution is 2.50. The van der Waals surface area contributed by atoms with E-state index in [0.717, 1.165) is 27.8 Å². The van der Waals surface area contributed by atoms with Crippen LogP contribution in [0.1, 0.15) is 22.3 Å². The van der Waals surface area contributed by atoms with Crippen molar-refractivity contribution in [3.05, 3.63) is 161 Å². The first-order chi connectivity index (χ1) is 18.1. The van der Waals surface area contributed by atoms with Crippen LogP contribution in [0.3, 0.4) is 0 Å². The average Bonchev–Trinajstić information content (AvgIpc) is 3.19. The number of likely N-dealkylation sites (N-methyl/N-ethyl adjacent to an activating group) is 1. The van der Waals surface area contributed by atoms with E-state index < -0.39 is 5.54 Å². The van der Waals surface area contributed by atoms with Gasteiger partial charge in [-0.05, 0) is 33.9 Å². The van der Waals surface area contributed by atoms with Crippen LogP contribution in [-0.4, -0.2) is 28.7 Å². The van der Waals surface area contributed by atoms with Crippen LogP contribution in [0.25, 0.3) is 5.57 Å². The third-order valence-electron chi connectivity index (χ3n) is 7.28. The van der Waals surface area contributed by atoms with Gasteiger partial charge >= 0.3 is 0 Å². The van der Waals surface area contributed by atoms with E-state index in [1.165, 1.54) is 4.90 Å². The Morgan fingerprint density at radius 2 is 1.11 bits per heavy atom. The monoisotopic (exact) mass is 482 g/mol. The summed E-state index contributed by atoms with van der Waals surface area (Å²) in [7, 11) is 1.57. The molecule has 6 rings (SSSR count). The number of carbonyl (C=O) groups is 2. The Labute approximate surface area is 216 Å². The Balaban J connectivity index is 1.72. The first-order valence-corrected chi connectivity index (χ1v) is 12.4. The molecule has 2 aliphatic rings. The normalized spacial score (nSPS) is 16.6. The van der Waals surface area contributed by atoms with Crippen LogP contribution in [0, 0.1) is 0 Å². The van der Waals surface area contributed by atoms with Crippen LogP contribution >= 0.6 is 0 Å². The zero-order valence-electron chi connectivity index (χ0n) is 20.5. The molecule has 2 heterocycles. The van der Waals surface area contributed by atoms with Crippen LogP contribution < -0.4 is 0 Å². The van der Waals surface area contributed by atoms with Crippen molar-refractivity contribution in [2.45, 2.75) is 12.1 Å². The Bertz CT molecular complexity index is 1490. The second-order valence-electron chi connectivity index (χ2n) is 9.39. The Morgan fingerprint density at radius 1 is 0.622 bits per heavy atom. The van der Waals surface area contributed by atoms with Gasteiger partial charge in [0.25, 0.3) is 11.8 Å². The van der Waals surface area contributed by atoms with Crippen molar-refractivity contribution in [1.29, 1.82) is 0 Å². The second kappa shape index (κ2) is 9.07. The number of amides is 2. The SMILES string of the molecule is CN1C(=O)C2=C(C1=O)N(Cc1ccccc1)C(c1ccccc1)(c1ccccc1)C=C2c1ccccc1. The summed E-state index contributed by atoms with van der Waals surface area (Å²) in [5.74, 6) is -0.559. The van der Waals surface area contributed by atoms with Gasteiger partial charge in [0.05, 0.1) is 5.57 Å². The summed E-state index contributed by atoms with van der Waals surface area (Å²) in [5.41, 5.74) is 4.83. The largest absolute Gasteiger partial charge is 0.345 e. The van der Waals surface area contributed by atoms with Gasteiger partial charge in [-0.1, -0.05) is 121 Å². The Hall–Kier alpha value is -4.70. The number of imide groups is 1. The molecule has 0 atom stereocenters. The maximum Gasteiger partial charge on any atom is 0.277 e. The first kappa shape index (κ1) is 22.7. The molecule has 0 saturated heterocycles. The summed E-state index contributed by atoms with van der Waals surface area (Å²) in [5, 5.41) is 0. The molecular weight excluding hydrogens is 456 g/mol. The van der Waals surface area contributed by atoms with E-state index in [4.69, 9.17) is 0 Å². The lowest BCUT2D eigenvalue weighted by molar-refractivity contribution is -0.136. The third kappa shape index (κ3) is 3.61. The predicted molar refractivity (Wildman–Crippen MR) is 145 cm³/mol. The van der Waals surface area contributed by atoms with Gasteiger partial charge in [0.2, 0.25) is 0 Å². The van der Waals surface area contributed by atoms with Gasteiger partial charge in [-0.3, -0.25) is 14.5 Å². The van der Waals surface area contributed by atoms with E-state index >= 15 is 0 Å². The smallest absolute Gasteiger partial charge is 0.277 e. The molecule has 0 spiro atoms. The molecule has 4 heteroatoms. The van der Waals surface area contributed by atoms with Gasteiger partial charge in [0, 0.05) is 13.6 Å². The highest BCUT2D eigenvalue weighted by atomic mass is 16.2. The van der Waals surface area contributed by atoms with Crippen molar-refractivity contribution in [2.24, 2.45) is 0 Å². The summed E-state index contributed by atoms with van der Waals surface area (Å²) in [6, 6.07) is 40.5. The minimum atomic E-state index is -0.830. The molecule has 0 aromatic heterocycles. The molecule has 4 aromatic rings. The summed E-state index contributed by atoms with van der Waals surface area (Å²) in [6.45, 7) is 0.453. The predicted octanol–water partition coefficient (Wildman–Crippen LogP) is 5.78. The van der Waals surface area contributed by atoms with Crippen molar-refractivity contribution in [1.82, 2.24) is 9.80 Å². The van der Waals surface area contributed by atoms with Crippen LogP contribution in [-0.2, 0) is 21.7 Å². The molecule has 37 heavy (non-hydrogen) atoms. The van der Waals surface area contributed by atoms with Gasteiger partial charge in [-0.2, -0.15) is 0 Å². The first-order valence-electron chi connectivity index (χ1n) is 12.4. The molecule has 0 saturated carbocycles. The maximum absolute atomic E-state index is 13.9. The fraction of sp³-hybridized carbons (Fsp3) is 0.0909. The van der Waals surface area contributed by atoms with Crippen molar-refractivity contribution in [2.75, 3.05) is 7.05 Å². The van der Waals surface area contributed by atoms with Crippen molar-refractivity contribution in [3.8, 4) is 0 Å². The third-order valence-corrected chi connectivity index (χ3v) is 7.28. The lowest BCUT2D eigenvalue weighted by Crippen LogP contribution is -2.48. The lowest BCUT2D eigenvalue weighted by Gasteiger charge is -2.47. The molecule has 2 amide bonds. The van der Waals surface area contributed by atoms with Crippen LogP contribution in [0.2, 0.25) is 0 Å². The van der Waals surface area contributed by atoms with Crippen LogP contribution in [0.4, 0.5) is 0 Å². The summed E-state index contributed by atoms with van der Waals surface area (Å²) in [6.07, 6.45) is 2.18. The van der Waals surface area contributed by atoms with Gasteiger partial charge in [-0.15, -0.1) is 0 Å². The summed E-state index contributed by atoms with van der Waals surface area (Å²) in [4.78, 5) is 30.8. The summed E-state index contributed by atoms with van der Waals surface area (Å²) >= 11 is 0. The van der Waals surface area contributed by atoms with E-state index in [1.54, 1.807) is 7.05 Å². The standard InChI is InChI=1S/C33H26N2O2/c1-34-31(36)29-28(25-16-8-3-9-17-25)22-33(26-18-10-4-11-19-26,27-20-12-5-13-21-27)35(30(29)32(34)37)23-24-14-6-2-7-15-24/h2-22H,23H2,1H3. The van der Waals surface area contributed by atoms with E-state index in [1.807, 2.05) is 84.9 Å². The Kier molecular flexibility index (Phi) is 5.57. The number of rotatable bonds is 5. The fourth-order valence-electron chi connectivity index (χ4n) is 5.50. The number of hydrogen-bond donors (Lipinski definition) is 0. The minimum absolute atomic E-state index is 0.275. The quantitative estimate of drug-likeness (QED) is 0.339. The van der Waals surface area contributed by atoms with Gasteiger partial charge in [-0.25, -0.2) is 0 Å². The Morgan fingerprint density at radius 3 is 1.65 bits per heavy atom. The molecule has 0 radical (unpaired) electrons. The van der Waals surface area contributed by atoms with Gasteiger partial charge in [0.15, 0.2) is 0 Å². The molecule has 2 aliphatic heterocycles. The minimum Gasteiger partial charge on any atom is -0.345 e. The van der Waals surface area contributed by atoms with Crippen molar-refractivity contribution < 1.29 is 9.59 Å². The zero-order valence-corrected chi connectivity index (χ0v) is 20.5. The van der Waals surface area contributed by atoms with Crippen LogP contribution in [0.5, 0.6) is 0 Å². The second-order valence-corrected chi connectivity index (χ2v) is 9.39. The topological polar surface area (TPSA) is 40.6 Å². The maximum atomic E-state index is 13.9. The number of benzene rings is 4. The van der Waals surface area contributed by atoms with E-state index in [9.17, 15) is 9.59 Å². The molecule has 0 unspecified atom stereocenters. The van der Waals surface area contributed by atoms with Crippen molar-refractivity contribution >= 4 is 17.4 Å². The molecule has 0 bridgehead atoms.